The van der Waals surface area contributed by atoms with E-state index in [0.29, 0.717) is 24.1 Å². The molecule has 0 bridgehead atoms. The van der Waals surface area contributed by atoms with Gasteiger partial charge in [-0.25, -0.2) is 4.79 Å². The molecule has 158 valence electrons. The number of benzene rings is 1. The van der Waals surface area contributed by atoms with E-state index >= 15 is 0 Å². The molecule has 0 unspecified atom stereocenters. The van der Waals surface area contributed by atoms with E-state index in [2.05, 4.69) is 4.98 Å². The Kier molecular flexibility index (Phi) is 7.93. The second-order valence-electron chi connectivity index (χ2n) is 7.90. The van der Waals surface area contributed by atoms with Gasteiger partial charge >= 0.3 is 5.97 Å². The van der Waals surface area contributed by atoms with Crippen molar-refractivity contribution in [2.45, 2.75) is 63.9 Å². The van der Waals surface area contributed by atoms with Crippen LogP contribution < -0.4 is 0 Å². The number of carbonyl (C=O) groups is 1. The minimum absolute atomic E-state index is 0.122. The molecule has 0 saturated heterocycles. The Bertz CT molecular complexity index is 915. The van der Waals surface area contributed by atoms with E-state index in [1.165, 1.54) is 0 Å². The van der Waals surface area contributed by atoms with Crippen LogP contribution in [0, 0.1) is 6.92 Å². The molecule has 1 aromatic heterocycles. The highest BCUT2D eigenvalue weighted by Crippen LogP contribution is 2.17. The van der Waals surface area contributed by atoms with Gasteiger partial charge in [0, 0.05) is 6.20 Å². The monoisotopic (exact) mass is 419 g/mol. The first-order valence-corrected chi connectivity index (χ1v) is 11.1. The predicted molar refractivity (Wildman–Crippen MR) is 111 cm³/mol. The van der Waals surface area contributed by atoms with Crippen molar-refractivity contribution in [1.29, 1.82) is 0 Å². The Morgan fingerprint density at radius 1 is 1.03 bits per heavy atom. The summed E-state index contributed by atoms with van der Waals surface area (Å²) >= 11 is 0. The lowest BCUT2D eigenvalue weighted by Crippen LogP contribution is -2.24. The SMILES string of the molecule is Cc1ccc(S(=O)(=O)OCCCCCc2ncccc2C(=O)OC(C)(C)C)cc1. The minimum atomic E-state index is -3.73. The maximum absolute atomic E-state index is 12.3. The van der Waals surface area contributed by atoms with Gasteiger partial charge in [-0.1, -0.05) is 24.1 Å². The Hall–Kier alpha value is -2.25. The lowest BCUT2D eigenvalue weighted by atomic mass is 10.1. The van der Waals surface area contributed by atoms with Crippen LogP contribution >= 0.6 is 0 Å². The van der Waals surface area contributed by atoms with Crippen LogP contribution in [0.1, 0.15) is 61.6 Å². The molecule has 0 saturated carbocycles. The van der Waals surface area contributed by atoms with Crippen LogP contribution in [0.5, 0.6) is 0 Å². The average molecular weight is 420 g/mol. The van der Waals surface area contributed by atoms with E-state index < -0.39 is 15.7 Å². The van der Waals surface area contributed by atoms with Crippen LogP contribution in [0.25, 0.3) is 0 Å². The molecule has 0 N–H and O–H groups in total. The van der Waals surface area contributed by atoms with Crippen LogP contribution in [0.3, 0.4) is 0 Å². The molecule has 7 heteroatoms. The van der Waals surface area contributed by atoms with Crippen molar-refractivity contribution < 1.29 is 22.1 Å². The first-order valence-electron chi connectivity index (χ1n) is 9.72. The first kappa shape index (κ1) is 23.0. The van der Waals surface area contributed by atoms with Gasteiger partial charge in [-0.3, -0.25) is 9.17 Å². The average Bonchev–Trinajstić information content (AvgIpc) is 2.64. The third kappa shape index (κ3) is 7.59. The predicted octanol–water partition coefficient (Wildman–Crippen LogP) is 4.46. The molecular formula is C22H29NO5S. The molecule has 1 heterocycles. The summed E-state index contributed by atoms with van der Waals surface area (Å²) in [5.74, 6) is -0.381. The number of hydrogen-bond donors (Lipinski definition) is 0. The standard InChI is InChI=1S/C22H29NO5S/c1-17-11-13-18(14-12-17)29(25,26)27-16-7-5-6-10-20-19(9-8-15-23-20)21(24)28-22(2,3)4/h8-9,11-15H,5-7,10,16H2,1-4H3. The van der Waals surface area contributed by atoms with Crippen LogP contribution in [0.15, 0.2) is 47.5 Å². The van der Waals surface area contributed by atoms with Crippen molar-refractivity contribution >= 4 is 16.1 Å². The first-order chi connectivity index (χ1) is 13.6. The molecule has 0 aliphatic carbocycles. The molecule has 2 aromatic rings. The van der Waals surface area contributed by atoms with Gasteiger partial charge in [0.25, 0.3) is 10.1 Å². The summed E-state index contributed by atoms with van der Waals surface area (Å²) in [6, 6.07) is 10.0. The summed E-state index contributed by atoms with van der Waals surface area (Å²) in [6.07, 6.45) is 4.38. The summed E-state index contributed by atoms with van der Waals surface area (Å²) in [5, 5.41) is 0. The minimum Gasteiger partial charge on any atom is -0.456 e. The zero-order valence-corrected chi connectivity index (χ0v) is 18.3. The molecule has 6 nitrogen and oxygen atoms in total. The lowest BCUT2D eigenvalue weighted by molar-refractivity contribution is 0.00676. The van der Waals surface area contributed by atoms with Crippen molar-refractivity contribution in [2.75, 3.05) is 6.61 Å². The fraction of sp³-hybridized carbons (Fsp3) is 0.455. The number of rotatable bonds is 9. The van der Waals surface area contributed by atoms with Crippen LogP contribution in [0.4, 0.5) is 0 Å². The fourth-order valence-electron chi connectivity index (χ4n) is 2.67. The van der Waals surface area contributed by atoms with Gasteiger partial charge in [0.05, 0.1) is 22.8 Å². The highest BCUT2D eigenvalue weighted by atomic mass is 32.2. The Labute approximate surface area is 173 Å². The van der Waals surface area contributed by atoms with Crippen LogP contribution in [-0.4, -0.2) is 31.6 Å². The second-order valence-corrected chi connectivity index (χ2v) is 9.51. The molecule has 0 atom stereocenters. The van der Waals surface area contributed by atoms with Gasteiger partial charge in [0.1, 0.15) is 5.60 Å². The van der Waals surface area contributed by atoms with E-state index in [4.69, 9.17) is 8.92 Å². The van der Waals surface area contributed by atoms with Crippen LogP contribution in [-0.2, 0) is 25.5 Å². The van der Waals surface area contributed by atoms with Gasteiger partial charge < -0.3 is 4.74 Å². The van der Waals surface area contributed by atoms with E-state index in [0.717, 1.165) is 18.4 Å². The summed E-state index contributed by atoms with van der Waals surface area (Å²) in [7, 11) is -3.73. The largest absolute Gasteiger partial charge is 0.456 e. The lowest BCUT2D eigenvalue weighted by Gasteiger charge is -2.20. The van der Waals surface area contributed by atoms with Crippen molar-refractivity contribution in [2.24, 2.45) is 0 Å². The number of esters is 1. The maximum atomic E-state index is 12.3. The zero-order valence-electron chi connectivity index (χ0n) is 17.5. The van der Waals surface area contributed by atoms with E-state index in [-0.39, 0.29) is 17.5 Å². The van der Waals surface area contributed by atoms with Crippen molar-refractivity contribution in [3.63, 3.8) is 0 Å². The van der Waals surface area contributed by atoms with Crippen molar-refractivity contribution in [3.8, 4) is 0 Å². The quantitative estimate of drug-likeness (QED) is 0.339. The number of pyridine rings is 1. The highest BCUT2D eigenvalue weighted by molar-refractivity contribution is 7.86. The Morgan fingerprint density at radius 3 is 2.38 bits per heavy atom. The van der Waals surface area contributed by atoms with Gasteiger partial charge in [-0.05, 0) is 71.2 Å². The Morgan fingerprint density at radius 2 is 1.72 bits per heavy atom. The van der Waals surface area contributed by atoms with E-state index in [1.54, 1.807) is 42.6 Å². The summed E-state index contributed by atoms with van der Waals surface area (Å²) in [4.78, 5) is 16.8. The number of aryl methyl sites for hydroxylation is 2. The normalized spacial score (nSPS) is 12.0. The van der Waals surface area contributed by atoms with Gasteiger partial charge in [0.15, 0.2) is 0 Å². The number of hydrogen-bond acceptors (Lipinski definition) is 6. The molecule has 2 rings (SSSR count). The van der Waals surface area contributed by atoms with Gasteiger partial charge in [-0.2, -0.15) is 8.42 Å². The molecule has 29 heavy (non-hydrogen) atoms. The Balaban J connectivity index is 1.80. The summed E-state index contributed by atoms with van der Waals surface area (Å²) in [5.41, 5.74) is 1.59. The molecule has 0 aliphatic rings. The summed E-state index contributed by atoms with van der Waals surface area (Å²) in [6.45, 7) is 7.49. The third-order valence-electron chi connectivity index (χ3n) is 4.12. The molecule has 0 radical (unpaired) electrons. The number of aromatic nitrogens is 1. The number of carbonyl (C=O) groups excluding carboxylic acids is 1. The number of ether oxygens (including phenoxy) is 1. The molecule has 1 aromatic carbocycles. The van der Waals surface area contributed by atoms with Gasteiger partial charge in [-0.15, -0.1) is 0 Å². The van der Waals surface area contributed by atoms with Crippen LogP contribution in [0.2, 0.25) is 0 Å². The van der Waals surface area contributed by atoms with E-state index in [1.807, 2.05) is 27.7 Å². The fourth-order valence-corrected chi connectivity index (χ4v) is 3.61. The smallest absolute Gasteiger partial charge is 0.340 e. The van der Waals surface area contributed by atoms with E-state index in [9.17, 15) is 13.2 Å². The second kappa shape index (κ2) is 9.98. The topological polar surface area (TPSA) is 82.6 Å². The summed E-state index contributed by atoms with van der Waals surface area (Å²) < 4.78 is 34.8. The number of nitrogens with zero attached hydrogens (tertiary/aromatic N) is 1. The molecule has 0 fully saturated rings. The molecular weight excluding hydrogens is 390 g/mol. The third-order valence-corrected chi connectivity index (χ3v) is 5.44. The van der Waals surface area contributed by atoms with Crippen molar-refractivity contribution in [3.05, 3.63) is 59.4 Å². The van der Waals surface area contributed by atoms with Crippen molar-refractivity contribution in [1.82, 2.24) is 4.98 Å². The maximum Gasteiger partial charge on any atom is 0.340 e. The molecule has 0 aliphatic heterocycles. The molecule has 0 amide bonds. The number of unbranched alkanes of at least 4 members (excludes halogenated alkanes) is 2. The van der Waals surface area contributed by atoms with Gasteiger partial charge in [0.2, 0.25) is 0 Å². The molecule has 0 spiro atoms. The highest BCUT2D eigenvalue weighted by Gasteiger charge is 2.20. The zero-order chi connectivity index (χ0) is 21.5.